The Morgan fingerprint density at radius 3 is 2.06 bits per heavy atom. The first kappa shape index (κ1) is 25.8. The van der Waals surface area contributed by atoms with Gasteiger partial charge in [0.05, 0.1) is 5.56 Å². The molecule has 0 amide bonds. The maximum absolute atomic E-state index is 14.9. The summed E-state index contributed by atoms with van der Waals surface area (Å²) in [5.74, 6) is 1.50. The lowest BCUT2D eigenvalue weighted by atomic mass is 9.79. The van der Waals surface area contributed by atoms with Crippen LogP contribution in [0.1, 0.15) is 127 Å². The second-order valence-electron chi connectivity index (χ2n) is 10.2. The largest absolute Gasteiger partial charge is 0.240 e. The molecule has 2 nitrogen and oxygen atoms in total. The number of hydrogen-bond acceptors (Lipinski definition) is 2. The van der Waals surface area contributed by atoms with E-state index in [1.807, 2.05) is 12.1 Å². The molecule has 0 atom stereocenters. The zero-order valence-corrected chi connectivity index (χ0v) is 21.1. The summed E-state index contributed by atoms with van der Waals surface area (Å²) in [6, 6.07) is 8.34. The molecular formula is C30H45FN2. The summed E-state index contributed by atoms with van der Waals surface area (Å²) in [7, 11) is 0. The monoisotopic (exact) mass is 452 g/mol. The van der Waals surface area contributed by atoms with Crippen molar-refractivity contribution in [1.82, 2.24) is 9.97 Å². The molecular weight excluding hydrogens is 407 g/mol. The van der Waals surface area contributed by atoms with Gasteiger partial charge < -0.3 is 0 Å². The SMILES string of the molecule is CCCCCCCCCCc1ccc(-c2cnc(C3CCC(CCCC)CC3)nc2F)cc1. The molecule has 1 fully saturated rings. The summed E-state index contributed by atoms with van der Waals surface area (Å²) < 4.78 is 14.9. The fourth-order valence-corrected chi connectivity index (χ4v) is 5.28. The van der Waals surface area contributed by atoms with Gasteiger partial charge in [-0.15, -0.1) is 0 Å². The van der Waals surface area contributed by atoms with Crippen LogP contribution >= 0.6 is 0 Å². The van der Waals surface area contributed by atoms with Gasteiger partial charge >= 0.3 is 0 Å². The van der Waals surface area contributed by atoms with E-state index in [1.54, 1.807) is 6.20 Å². The fraction of sp³-hybridized carbons (Fsp3) is 0.667. The smallest absolute Gasteiger partial charge is 0.224 e. The van der Waals surface area contributed by atoms with E-state index in [2.05, 4.69) is 35.9 Å². The Labute approximate surface area is 201 Å². The van der Waals surface area contributed by atoms with E-state index in [0.717, 1.165) is 30.7 Å². The quantitative estimate of drug-likeness (QED) is 0.211. The summed E-state index contributed by atoms with van der Waals surface area (Å²) in [4.78, 5) is 8.90. The number of aromatic nitrogens is 2. The molecule has 1 aromatic carbocycles. The van der Waals surface area contributed by atoms with Crippen molar-refractivity contribution in [3.63, 3.8) is 0 Å². The summed E-state index contributed by atoms with van der Waals surface area (Å²) in [6.45, 7) is 4.52. The molecule has 1 aliphatic rings. The number of unbranched alkanes of at least 4 members (excludes halogenated alkanes) is 8. The molecule has 0 bridgehead atoms. The van der Waals surface area contributed by atoms with Gasteiger partial charge in [0, 0.05) is 12.1 Å². The minimum Gasteiger partial charge on any atom is -0.240 e. The molecule has 182 valence electrons. The Morgan fingerprint density at radius 1 is 0.788 bits per heavy atom. The predicted molar refractivity (Wildman–Crippen MR) is 138 cm³/mol. The van der Waals surface area contributed by atoms with Gasteiger partial charge in [0.2, 0.25) is 5.95 Å². The average Bonchev–Trinajstić information content (AvgIpc) is 2.85. The van der Waals surface area contributed by atoms with Crippen LogP contribution in [0.5, 0.6) is 0 Å². The third-order valence-corrected chi connectivity index (χ3v) is 7.52. The Balaban J connectivity index is 1.45. The minimum absolute atomic E-state index is 0.320. The van der Waals surface area contributed by atoms with E-state index < -0.39 is 0 Å². The fourth-order valence-electron chi connectivity index (χ4n) is 5.28. The Kier molecular flexibility index (Phi) is 11.3. The first-order chi connectivity index (χ1) is 16.2. The molecule has 0 saturated heterocycles. The minimum atomic E-state index is -0.371. The van der Waals surface area contributed by atoms with Crippen LogP contribution in [0, 0.1) is 11.9 Å². The van der Waals surface area contributed by atoms with Crippen LogP contribution in [0.15, 0.2) is 30.5 Å². The standard InChI is InChI=1S/C30H45FN2/c1-3-5-7-8-9-10-11-12-14-25-15-19-26(20-16-25)28-23-32-30(33-29(28)31)27-21-17-24(18-22-27)13-6-4-2/h15-16,19-20,23-24,27H,3-14,17-18,21-22H2,1-2H3. The van der Waals surface area contributed by atoms with Crippen molar-refractivity contribution < 1.29 is 4.39 Å². The molecule has 3 rings (SSSR count). The average molecular weight is 453 g/mol. The third kappa shape index (κ3) is 8.50. The van der Waals surface area contributed by atoms with Crippen molar-refractivity contribution >= 4 is 0 Å². The second kappa shape index (κ2) is 14.5. The van der Waals surface area contributed by atoms with E-state index in [4.69, 9.17) is 0 Å². The van der Waals surface area contributed by atoms with E-state index in [9.17, 15) is 4.39 Å². The van der Waals surface area contributed by atoms with Crippen LogP contribution in [0.4, 0.5) is 4.39 Å². The first-order valence-electron chi connectivity index (χ1n) is 13.8. The van der Waals surface area contributed by atoms with Crippen LogP contribution in [0.2, 0.25) is 0 Å². The second-order valence-corrected chi connectivity index (χ2v) is 10.2. The molecule has 2 aromatic rings. The normalized spacial score (nSPS) is 18.5. The molecule has 1 heterocycles. The lowest BCUT2D eigenvalue weighted by molar-refractivity contribution is 0.297. The van der Waals surface area contributed by atoms with Gasteiger partial charge in [-0.25, -0.2) is 9.97 Å². The molecule has 1 saturated carbocycles. The van der Waals surface area contributed by atoms with Gasteiger partial charge in [-0.1, -0.05) is 102 Å². The molecule has 0 aliphatic heterocycles. The van der Waals surface area contributed by atoms with Crippen molar-refractivity contribution in [2.45, 2.75) is 122 Å². The molecule has 33 heavy (non-hydrogen) atoms. The van der Waals surface area contributed by atoms with Gasteiger partial charge in [-0.3, -0.25) is 0 Å². The van der Waals surface area contributed by atoms with Crippen molar-refractivity contribution in [1.29, 1.82) is 0 Å². The maximum Gasteiger partial charge on any atom is 0.224 e. The number of hydrogen-bond donors (Lipinski definition) is 0. The Hall–Kier alpha value is -1.77. The first-order valence-corrected chi connectivity index (χ1v) is 13.8. The van der Waals surface area contributed by atoms with E-state index >= 15 is 0 Å². The number of aryl methyl sites for hydroxylation is 1. The molecule has 0 N–H and O–H groups in total. The summed E-state index contributed by atoms with van der Waals surface area (Å²) in [5, 5.41) is 0. The van der Waals surface area contributed by atoms with Gasteiger partial charge in [-0.05, 0) is 55.6 Å². The topological polar surface area (TPSA) is 25.8 Å². The Morgan fingerprint density at radius 2 is 1.42 bits per heavy atom. The van der Waals surface area contributed by atoms with E-state index in [0.29, 0.717) is 17.3 Å². The van der Waals surface area contributed by atoms with Crippen molar-refractivity contribution in [3.8, 4) is 11.1 Å². The van der Waals surface area contributed by atoms with Crippen LogP contribution < -0.4 is 0 Å². The highest BCUT2D eigenvalue weighted by atomic mass is 19.1. The van der Waals surface area contributed by atoms with Gasteiger partial charge in [0.25, 0.3) is 0 Å². The highest BCUT2D eigenvalue weighted by molar-refractivity contribution is 5.62. The lowest BCUT2D eigenvalue weighted by Crippen LogP contribution is -2.16. The van der Waals surface area contributed by atoms with Crippen LogP contribution in [-0.4, -0.2) is 9.97 Å². The van der Waals surface area contributed by atoms with Crippen molar-refractivity contribution in [2.75, 3.05) is 0 Å². The molecule has 1 aliphatic carbocycles. The van der Waals surface area contributed by atoms with Crippen molar-refractivity contribution in [2.24, 2.45) is 5.92 Å². The zero-order chi connectivity index (χ0) is 23.3. The number of rotatable bonds is 14. The number of nitrogens with zero attached hydrogens (tertiary/aromatic N) is 2. The third-order valence-electron chi connectivity index (χ3n) is 7.52. The molecule has 0 spiro atoms. The van der Waals surface area contributed by atoms with E-state index in [1.165, 1.54) is 89.0 Å². The number of benzene rings is 1. The summed E-state index contributed by atoms with van der Waals surface area (Å²) in [5.41, 5.74) is 2.73. The van der Waals surface area contributed by atoms with Crippen LogP contribution in [-0.2, 0) is 6.42 Å². The van der Waals surface area contributed by atoms with Gasteiger partial charge in [0.1, 0.15) is 5.82 Å². The molecule has 0 radical (unpaired) electrons. The number of halogens is 1. The predicted octanol–water partition coefficient (Wildman–Crippen LogP) is 9.43. The lowest BCUT2D eigenvalue weighted by Gasteiger charge is -2.27. The van der Waals surface area contributed by atoms with Gasteiger partial charge in [-0.2, -0.15) is 4.39 Å². The summed E-state index contributed by atoms with van der Waals surface area (Å²) in [6.07, 6.45) is 22.1. The van der Waals surface area contributed by atoms with Gasteiger partial charge in [0.15, 0.2) is 0 Å². The molecule has 0 unspecified atom stereocenters. The zero-order valence-electron chi connectivity index (χ0n) is 21.1. The van der Waals surface area contributed by atoms with Crippen LogP contribution in [0.25, 0.3) is 11.1 Å². The highest BCUT2D eigenvalue weighted by Gasteiger charge is 2.24. The van der Waals surface area contributed by atoms with Crippen molar-refractivity contribution in [3.05, 3.63) is 47.8 Å². The van der Waals surface area contributed by atoms with E-state index in [-0.39, 0.29) is 5.95 Å². The summed E-state index contributed by atoms with van der Waals surface area (Å²) >= 11 is 0. The molecule has 1 aromatic heterocycles. The maximum atomic E-state index is 14.9. The highest BCUT2D eigenvalue weighted by Crippen LogP contribution is 2.37. The molecule has 3 heteroatoms. The Bertz CT molecular complexity index is 793. The van der Waals surface area contributed by atoms with Crippen LogP contribution in [0.3, 0.4) is 0 Å².